The summed E-state index contributed by atoms with van der Waals surface area (Å²) in [6.07, 6.45) is 5.13. The van der Waals surface area contributed by atoms with Crippen molar-refractivity contribution in [2.24, 2.45) is 0 Å². The van der Waals surface area contributed by atoms with E-state index in [-0.39, 0.29) is 0 Å². The van der Waals surface area contributed by atoms with Crippen LogP contribution >= 0.6 is 0 Å². The third-order valence-corrected chi connectivity index (χ3v) is 3.62. The molecular weight excluding hydrogens is 188 g/mol. The van der Waals surface area contributed by atoms with Crippen LogP contribution in [0.4, 0.5) is 0 Å². The molecule has 0 saturated carbocycles. The highest BCUT2D eigenvalue weighted by Crippen LogP contribution is 2.15. The molecule has 2 aliphatic rings. The monoisotopic (exact) mass is 212 g/mol. The molecule has 0 aromatic carbocycles. The summed E-state index contributed by atoms with van der Waals surface area (Å²) in [4.78, 5) is 2.65. The van der Waals surface area contributed by atoms with E-state index >= 15 is 0 Å². The molecule has 15 heavy (non-hydrogen) atoms. The van der Waals surface area contributed by atoms with Gasteiger partial charge in [-0.15, -0.1) is 0 Å². The molecule has 2 atom stereocenters. The van der Waals surface area contributed by atoms with Crippen LogP contribution in [0.2, 0.25) is 0 Å². The molecule has 2 rings (SSSR count). The Balaban J connectivity index is 1.82. The van der Waals surface area contributed by atoms with Crippen molar-refractivity contribution in [3.63, 3.8) is 0 Å². The maximum atomic E-state index is 5.58. The highest BCUT2D eigenvalue weighted by molar-refractivity contribution is 4.78. The van der Waals surface area contributed by atoms with Gasteiger partial charge in [-0.3, -0.25) is 4.90 Å². The van der Waals surface area contributed by atoms with Crippen LogP contribution in [-0.2, 0) is 4.74 Å². The highest BCUT2D eigenvalue weighted by atomic mass is 16.5. The predicted octanol–water partition coefficient (Wildman–Crippen LogP) is 1.24. The van der Waals surface area contributed by atoms with Gasteiger partial charge >= 0.3 is 0 Å². The maximum absolute atomic E-state index is 5.58. The molecule has 88 valence electrons. The van der Waals surface area contributed by atoms with E-state index in [0.717, 1.165) is 13.2 Å². The minimum Gasteiger partial charge on any atom is -0.380 e. The zero-order chi connectivity index (χ0) is 10.5. The average molecular weight is 212 g/mol. The lowest BCUT2D eigenvalue weighted by Crippen LogP contribution is -2.46. The zero-order valence-electron chi connectivity index (χ0n) is 9.87. The first kappa shape index (κ1) is 11.4. The van der Waals surface area contributed by atoms with Crippen molar-refractivity contribution < 1.29 is 4.74 Å². The van der Waals surface area contributed by atoms with Crippen LogP contribution in [0.15, 0.2) is 0 Å². The van der Waals surface area contributed by atoms with Gasteiger partial charge in [-0.2, -0.15) is 0 Å². The Morgan fingerprint density at radius 2 is 2.13 bits per heavy atom. The topological polar surface area (TPSA) is 24.5 Å². The van der Waals surface area contributed by atoms with E-state index in [4.69, 9.17) is 4.74 Å². The lowest BCUT2D eigenvalue weighted by molar-refractivity contribution is 0.0144. The molecule has 0 spiro atoms. The van der Waals surface area contributed by atoms with Crippen LogP contribution in [0.5, 0.6) is 0 Å². The van der Waals surface area contributed by atoms with Gasteiger partial charge in [0, 0.05) is 18.7 Å². The van der Waals surface area contributed by atoms with Crippen LogP contribution in [0.25, 0.3) is 0 Å². The summed E-state index contributed by atoms with van der Waals surface area (Å²) in [6, 6.07) is 1.38. The van der Waals surface area contributed by atoms with Crippen molar-refractivity contribution >= 4 is 0 Å². The minimum absolute atomic E-state index is 0.678. The molecule has 3 nitrogen and oxygen atoms in total. The number of nitrogens with one attached hydrogen (secondary N) is 1. The molecule has 2 fully saturated rings. The van der Waals surface area contributed by atoms with Crippen LogP contribution in [-0.4, -0.2) is 49.8 Å². The Bertz CT molecular complexity index is 180. The quantitative estimate of drug-likeness (QED) is 0.708. The Morgan fingerprint density at radius 1 is 1.20 bits per heavy atom. The largest absolute Gasteiger partial charge is 0.380 e. The van der Waals surface area contributed by atoms with Crippen molar-refractivity contribution in [2.75, 3.05) is 32.8 Å². The molecule has 2 unspecified atom stereocenters. The van der Waals surface area contributed by atoms with Crippen LogP contribution in [0, 0.1) is 0 Å². The van der Waals surface area contributed by atoms with Gasteiger partial charge in [-0.25, -0.2) is 0 Å². The molecule has 2 saturated heterocycles. The second-order valence-corrected chi connectivity index (χ2v) is 4.90. The first-order chi connectivity index (χ1) is 7.36. The molecule has 1 N–H and O–H groups in total. The van der Waals surface area contributed by atoms with Crippen molar-refractivity contribution in [3.8, 4) is 0 Å². The van der Waals surface area contributed by atoms with Gasteiger partial charge in [0.2, 0.25) is 0 Å². The molecule has 2 aliphatic heterocycles. The van der Waals surface area contributed by atoms with Crippen molar-refractivity contribution in [1.29, 1.82) is 0 Å². The zero-order valence-corrected chi connectivity index (χ0v) is 9.87. The Kier molecular flexibility index (Phi) is 4.42. The summed E-state index contributed by atoms with van der Waals surface area (Å²) >= 11 is 0. The molecule has 0 bridgehead atoms. The highest BCUT2D eigenvalue weighted by Gasteiger charge is 2.22. The molecule has 0 aliphatic carbocycles. The SMILES string of the molecule is CC1CCN(C2CCCOC2)CCCN1. The summed E-state index contributed by atoms with van der Waals surface area (Å²) in [6.45, 7) is 7.88. The Hall–Kier alpha value is -0.120. The summed E-state index contributed by atoms with van der Waals surface area (Å²) in [5.74, 6) is 0. The van der Waals surface area contributed by atoms with Gasteiger partial charge in [0.1, 0.15) is 0 Å². The second-order valence-electron chi connectivity index (χ2n) is 4.90. The van der Waals surface area contributed by atoms with E-state index in [9.17, 15) is 0 Å². The van der Waals surface area contributed by atoms with Gasteiger partial charge < -0.3 is 10.1 Å². The minimum atomic E-state index is 0.678. The summed E-state index contributed by atoms with van der Waals surface area (Å²) in [7, 11) is 0. The van der Waals surface area contributed by atoms with E-state index in [1.54, 1.807) is 0 Å². The molecule has 0 radical (unpaired) electrons. The molecule has 0 aromatic rings. The van der Waals surface area contributed by atoms with Crippen molar-refractivity contribution in [1.82, 2.24) is 10.2 Å². The fourth-order valence-electron chi connectivity index (χ4n) is 2.58. The fourth-order valence-corrected chi connectivity index (χ4v) is 2.58. The van der Waals surface area contributed by atoms with Crippen molar-refractivity contribution in [2.45, 2.75) is 44.7 Å². The molecule has 2 heterocycles. The number of nitrogens with zero attached hydrogens (tertiary/aromatic N) is 1. The predicted molar refractivity (Wildman–Crippen MR) is 62.1 cm³/mol. The normalized spacial score (nSPS) is 35.8. The molecular formula is C12H24N2O. The third-order valence-electron chi connectivity index (χ3n) is 3.62. The van der Waals surface area contributed by atoms with E-state index in [1.807, 2.05) is 0 Å². The second kappa shape index (κ2) is 5.83. The summed E-state index contributed by atoms with van der Waals surface area (Å²) in [5, 5.41) is 3.55. The van der Waals surface area contributed by atoms with E-state index in [2.05, 4.69) is 17.1 Å². The number of hydrogen-bond donors (Lipinski definition) is 1. The van der Waals surface area contributed by atoms with Gasteiger partial charge in [0.15, 0.2) is 0 Å². The van der Waals surface area contributed by atoms with Crippen LogP contribution in [0.3, 0.4) is 0 Å². The summed E-state index contributed by atoms with van der Waals surface area (Å²) < 4.78 is 5.58. The fraction of sp³-hybridized carbons (Fsp3) is 1.00. The number of hydrogen-bond acceptors (Lipinski definition) is 3. The van der Waals surface area contributed by atoms with Crippen molar-refractivity contribution in [3.05, 3.63) is 0 Å². The molecule has 0 aromatic heterocycles. The first-order valence-corrected chi connectivity index (χ1v) is 6.41. The lowest BCUT2D eigenvalue weighted by atomic mass is 10.1. The average Bonchev–Trinajstić information content (AvgIpc) is 2.25. The standard InChI is InChI=1S/C12H24N2O/c1-11-5-8-14(7-3-6-13-11)12-4-2-9-15-10-12/h11-13H,2-10H2,1H3. The van der Waals surface area contributed by atoms with Gasteiger partial charge in [0.25, 0.3) is 0 Å². The maximum Gasteiger partial charge on any atom is 0.0621 e. The lowest BCUT2D eigenvalue weighted by Gasteiger charge is -2.36. The number of rotatable bonds is 1. The first-order valence-electron chi connectivity index (χ1n) is 6.41. The van der Waals surface area contributed by atoms with Crippen LogP contribution in [0.1, 0.15) is 32.6 Å². The van der Waals surface area contributed by atoms with Gasteiger partial charge in [0.05, 0.1) is 6.61 Å². The smallest absolute Gasteiger partial charge is 0.0621 e. The van der Waals surface area contributed by atoms with E-state index in [0.29, 0.717) is 12.1 Å². The number of ether oxygens (including phenoxy) is 1. The Morgan fingerprint density at radius 3 is 2.93 bits per heavy atom. The van der Waals surface area contributed by atoms with E-state index in [1.165, 1.54) is 45.3 Å². The van der Waals surface area contributed by atoms with Gasteiger partial charge in [-0.05, 0) is 52.2 Å². The molecule has 0 amide bonds. The van der Waals surface area contributed by atoms with Crippen LogP contribution < -0.4 is 5.32 Å². The Labute approximate surface area is 93.2 Å². The molecule has 3 heteroatoms. The third kappa shape index (κ3) is 3.44. The summed E-state index contributed by atoms with van der Waals surface area (Å²) in [5.41, 5.74) is 0. The van der Waals surface area contributed by atoms with Gasteiger partial charge in [-0.1, -0.05) is 0 Å². The van der Waals surface area contributed by atoms with E-state index < -0.39 is 0 Å².